The number of nitrogens with two attached hydrogens (primary N) is 1. The average molecular weight is 254 g/mol. The Kier molecular flexibility index (Phi) is 3.03. The number of aryl methyl sites for hydroxylation is 1. The van der Waals surface area contributed by atoms with Gasteiger partial charge in [0.25, 0.3) is 0 Å². The van der Waals surface area contributed by atoms with E-state index in [2.05, 4.69) is 0 Å². The van der Waals surface area contributed by atoms with Gasteiger partial charge in [0.05, 0.1) is 5.02 Å². The Morgan fingerprint density at radius 3 is 2.47 bits per heavy atom. The molecule has 0 atom stereocenters. The second-order valence-electron chi connectivity index (χ2n) is 3.81. The van der Waals surface area contributed by atoms with Crippen LogP contribution in [0.1, 0.15) is 5.56 Å². The van der Waals surface area contributed by atoms with Gasteiger partial charge < -0.3 is 5.73 Å². The highest BCUT2D eigenvalue weighted by Gasteiger charge is 2.11. The summed E-state index contributed by atoms with van der Waals surface area (Å²) in [4.78, 5) is 0. The van der Waals surface area contributed by atoms with Crippen LogP contribution in [0, 0.1) is 18.6 Å². The van der Waals surface area contributed by atoms with E-state index in [9.17, 15) is 8.78 Å². The third-order valence-corrected chi connectivity index (χ3v) is 2.87. The Balaban J connectivity index is 2.68. The summed E-state index contributed by atoms with van der Waals surface area (Å²) in [6, 6.07) is 6.77. The predicted octanol–water partition coefficient (Wildman–Crippen LogP) is 4.18. The summed E-state index contributed by atoms with van der Waals surface area (Å²) < 4.78 is 26.4. The first-order chi connectivity index (χ1) is 7.99. The van der Waals surface area contributed by atoms with E-state index >= 15 is 0 Å². The lowest BCUT2D eigenvalue weighted by molar-refractivity contribution is 0.619. The number of hydrogen-bond acceptors (Lipinski definition) is 1. The van der Waals surface area contributed by atoms with E-state index in [0.29, 0.717) is 22.4 Å². The van der Waals surface area contributed by atoms with Gasteiger partial charge in [0.2, 0.25) is 0 Å². The summed E-state index contributed by atoms with van der Waals surface area (Å²) >= 11 is 5.94. The fraction of sp³-hybridized carbons (Fsp3) is 0.0769. The first-order valence-corrected chi connectivity index (χ1v) is 5.38. The van der Waals surface area contributed by atoms with E-state index in [1.165, 1.54) is 24.3 Å². The molecule has 2 rings (SSSR count). The molecule has 2 N–H and O–H groups in total. The molecule has 0 saturated carbocycles. The Bertz CT molecular complexity index is 582. The van der Waals surface area contributed by atoms with Gasteiger partial charge in [-0.3, -0.25) is 0 Å². The Labute approximate surface area is 103 Å². The van der Waals surface area contributed by atoms with Crippen LogP contribution in [0.25, 0.3) is 11.1 Å². The minimum atomic E-state index is -0.410. The highest BCUT2D eigenvalue weighted by Crippen LogP contribution is 2.34. The third-order valence-electron chi connectivity index (χ3n) is 2.55. The van der Waals surface area contributed by atoms with Crippen molar-refractivity contribution in [2.24, 2.45) is 0 Å². The maximum atomic E-state index is 13.3. The second-order valence-corrected chi connectivity index (χ2v) is 4.22. The molecule has 0 aliphatic carbocycles. The van der Waals surface area contributed by atoms with E-state index in [0.717, 1.165) is 0 Å². The average Bonchev–Trinajstić information content (AvgIpc) is 2.27. The van der Waals surface area contributed by atoms with E-state index in [1.807, 2.05) is 0 Å². The molecule has 0 radical (unpaired) electrons. The van der Waals surface area contributed by atoms with Gasteiger partial charge in [-0.2, -0.15) is 0 Å². The minimum absolute atomic E-state index is 0.213. The zero-order valence-corrected chi connectivity index (χ0v) is 9.85. The molecule has 0 aliphatic heterocycles. The van der Waals surface area contributed by atoms with Crippen molar-refractivity contribution < 1.29 is 8.78 Å². The zero-order chi connectivity index (χ0) is 12.6. The molecule has 4 heteroatoms. The fourth-order valence-electron chi connectivity index (χ4n) is 1.63. The summed E-state index contributed by atoms with van der Waals surface area (Å²) in [6.07, 6.45) is 0. The number of benzene rings is 2. The molecular formula is C13H10ClF2N. The summed E-state index contributed by atoms with van der Waals surface area (Å²) in [7, 11) is 0. The third kappa shape index (κ3) is 2.24. The Morgan fingerprint density at radius 2 is 1.76 bits per heavy atom. The number of anilines is 1. The van der Waals surface area contributed by atoms with E-state index in [1.54, 1.807) is 13.0 Å². The molecule has 0 bridgehead atoms. The van der Waals surface area contributed by atoms with Crippen LogP contribution in [0.3, 0.4) is 0 Å². The summed E-state index contributed by atoms with van der Waals surface area (Å²) in [5.41, 5.74) is 7.60. The molecule has 0 fully saturated rings. The molecule has 0 saturated heterocycles. The van der Waals surface area contributed by atoms with Crippen LogP contribution in [0.5, 0.6) is 0 Å². The first kappa shape index (κ1) is 11.9. The normalized spacial score (nSPS) is 10.6. The number of halogens is 3. The number of rotatable bonds is 1. The van der Waals surface area contributed by atoms with Gasteiger partial charge in [0.15, 0.2) is 0 Å². The van der Waals surface area contributed by atoms with Crippen molar-refractivity contribution in [2.75, 3.05) is 5.73 Å². The lowest BCUT2D eigenvalue weighted by atomic mass is 10.0. The van der Waals surface area contributed by atoms with Crippen molar-refractivity contribution in [3.63, 3.8) is 0 Å². The maximum Gasteiger partial charge on any atom is 0.127 e. The van der Waals surface area contributed by atoms with Crippen LogP contribution in [-0.4, -0.2) is 0 Å². The van der Waals surface area contributed by atoms with Gasteiger partial charge in [-0.1, -0.05) is 11.6 Å². The minimum Gasteiger partial charge on any atom is -0.398 e. The Morgan fingerprint density at radius 1 is 1.06 bits per heavy atom. The molecular weight excluding hydrogens is 244 g/mol. The molecule has 0 unspecified atom stereocenters. The largest absolute Gasteiger partial charge is 0.398 e. The second kappa shape index (κ2) is 4.34. The molecule has 88 valence electrons. The summed E-state index contributed by atoms with van der Waals surface area (Å²) in [5.74, 6) is -0.805. The maximum absolute atomic E-state index is 13.3. The Hall–Kier alpha value is -1.61. The van der Waals surface area contributed by atoms with E-state index < -0.39 is 11.6 Å². The van der Waals surface area contributed by atoms with E-state index in [4.69, 9.17) is 17.3 Å². The van der Waals surface area contributed by atoms with Crippen LogP contribution in [-0.2, 0) is 0 Å². The van der Waals surface area contributed by atoms with Gasteiger partial charge in [0.1, 0.15) is 11.6 Å². The molecule has 0 aliphatic rings. The van der Waals surface area contributed by atoms with Crippen LogP contribution in [0.15, 0.2) is 30.3 Å². The van der Waals surface area contributed by atoms with Crippen molar-refractivity contribution >= 4 is 17.3 Å². The van der Waals surface area contributed by atoms with Gasteiger partial charge >= 0.3 is 0 Å². The van der Waals surface area contributed by atoms with Crippen molar-refractivity contribution in [3.8, 4) is 11.1 Å². The number of hydrogen-bond donors (Lipinski definition) is 1. The lowest BCUT2D eigenvalue weighted by Crippen LogP contribution is -1.93. The van der Waals surface area contributed by atoms with Gasteiger partial charge in [-0.05, 0) is 42.8 Å². The lowest BCUT2D eigenvalue weighted by Gasteiger charge is -2.09. The summed E-state index contributed by atoms with van der Waals surface area (Å²) in [6.45, 7) is 1.62. The molecule has 0 aromatic heterocycles. The quantitative estimate of drug-likeness (QED) is 0.758. The highest BCUT2D eigenvalue weighted by molar-refractivity contribution is 6.33. The first-order valence-electron chi connectivity index (χ1n) is 5.00. The smallest absolute Gasteiger partial charge is 0.127 e. The van der Waals surface area contributed by atoms with Gasteiger partial charge in [0, 0.05) is 16.8 Å². The van der Waals surface area contributed by atoms with Crippen LogP contribution in [0.4, 0.5) is 14.5 Å². The van der Waals surface area contributed by atoms with Crippen molar-refractivity contribution in [1.29, 1.82) is 0 Å². The molecule has 2 aromatic carbocycles. The monoisotopic (exact) mass is 253 g/mol. The molecule has 0 amide bonds. The fourth-order valence-corrected chi connectivity index (χ4v) is 1.88. The molecule has 17 heavy (non-hydrogen) atoms. The molecule has 0 heterocycles. The molecule has 1 nitrogen and oxygen atoms in total. The van der Waals surface area contributed by atoms with Crippen LogP contribution in [0.2, 0.25) is 5.02 Å². The standard InChI is InChI=1S/C13H10ClF2N/c1-7-4-9(11(14)6-12(7)16)10-5-8(15)2-3-13(10)17/h2-6H,17H2,1H3. The van der Waals surface area contributed by atoms with Gasteiger partial charge in [-0.25, -0.2) is 8.78 Å². The zero-order valence-electron chi connectivity index (χ0n) is 9.10. The topological polar surface area (TPSA) is 26.0 Å². The van der Waals surface area contributed by atoms with Crippen molar-refractivity contribution in [2.45, 2.75) is 6.92 Å². The predicted molar refractivity (Wildman–Crippen MR) is 66.0 cm³/mol. The van der Waals surface area contributed by atoms with Crippen LogP contribution < -0.4 is 5.73 Å². The van der Waals surface area contributed by atoms with Crippen molar-refractivity contribution in [3.05, 3.63) is 52.6 Å². The van der Waals surface area contributed by atoms with Crippen LogP contribution >= 0.6 is 11.6 Å². The van der Waals surface area contributed by atoms with Gasteiger partial charge in [-0.15, -0.1) is 0 Å². The summed E-state index contributed by atoms with van der Waals surface area (Å²) in [5, 5.41) is 0.213. The molecule has 0 spiro atoms. The highest BCUT2D eigenvalue weighted by atomic mass is 35.5. The number of nitrogen functional groups attached to an aromatic ring is 1. The van der Waals surface area contributed by atoms with Crippen molar-refractivity contribution in [1.82, 2.24) is 0 Å². The molecule has 2 aromatic rings. The SMILES string of the molecule is Cc1cc(-c2cc(F)ccc2N)c(Cl)cc1F. The van der Waals surface area contributed by atoms with E-state index in [-0.39, 0.29) is 5.02 Å².